The zero-order chi connectivity index (χ0) is 21.8. The van der Waals surface area contributed by atoms with Gasteiger partial charge in [-0.1, -0.05) is 60.2 Å². The molecule has 1 saturated heterocycles. The largest absolute Gasteiger partial charge is 0.323 e. The van der Waals surface area contributed by atoms with Crippen molar-refractivity contribution in [3.05, 3.63) is 77.1 Å². The molecule has 0 unspecified atom stereocenters. The van der Waals surface area contributed by atoms with Gasteiger partial charge in [-0.25, -0.2) is 4.68 Å². The third-order valence-electron chi connectivity index (χ3n) is 7.56. The summed E-state index contributed by atoms with van der Waals surface area (Å²) in [5.74, 6) is 1.00. The number of hydrogen-bond donors (Lipinski definition) is 2. The Morgan fingerprint density at radius 3 is 2.38 bits per heavy atom. The van der Waals surface area contributed by atoms with Crippen LogP contribution in [0.2, 0.25) is 0 Å². The monoisotopic (exact) mass is 432 g/mol. The van der Waals surface area contributed by atoms with Gasteiger partial charge in [-0.2, -0.15) is 0 Å². The number of aromatic nitrogens is 4. The lowest BCUT2D eigenvalue weighted by Crippen LogP contribution is -3.29. The summed E-state index contributed by atoms with van der Waals surface area (Å²) < 4.78 is 2.04. The van der Waals surface area contributed by atoms with Gasteiger partial charge in [-0.3, -0.25) is 0 Å². The standard InChI is InChI=1S/C26H34N6/c1-21-11-13-23(14-12-21)25(31-19-17-30(18-20-31)24-9-5-6-10-24)26-27-28-29-32(26)16-15-22-7-3-2-4-8-22/h2-4,7-8,11-14,24-25H,5-6,9-10,15-20H2,1H3/p+2/t25-/m1/s1. The first-order valence-corrected chi connectivity index (χ1v) is 12.3. The predicted molar refractivity (Wildman–Crippen MR) is 125 cm³/mol. The molecular formula is C26H36N6+2. The van der Waals surface area contributed by atoms with E-state index in [0.29, 0.717) is 0 Å². The van der Waals surface area contributed by atoms with Gasteiger partial charge >= 0.3 is 0 Å². The van der Waals surface area contributed by atoms with Crippen LogP contribution in [0.3, 0.4) is 0 Å². The topological polar surface area (TPSA) is 52.5 Å². The molecule has 5 rings (SSSR count). The van der Waals surface area contributed by atoms with E-state index < -0.39 is 0 Å². The number of tetrazole rings is 1. The molecule has 1 aliphatic carbocycles. The van der Waals surface area contributed by atoms with Crippen LogP contribution in [0.25, 0.3) is 0 Å². The summed E-state index contributed by atoms with van der Waals surface area (Å²) in [6.45, 7) is 7.83. The number of hydrogen-bond acceptors (Lipinski definition) is 3. The molecule has 2 aliphatic rings. The van der Waals surface area contributed by atoms with E-state index in [1.807, 2.05) is 9.58 Å². The second-order valence-electron chi connectivity index (χ2n) is 9.64. The SMILES string of the molecule is Cc1ccc([C@H](c2nnnn2CCc2ccccc2)[NH+]2CC[NH+](C3CCCC3)CC2)cc1. The average Bonchev–Trinajstić information content (AvgIpc) is 3.53. The Morgan fingerprint density at radius 1 is 0.938 bits per heavy atom. The van der Waals surface area contributed by atoms with E-state index in [0.717, 1.165) is 24.8 Å². The van der Waals surface area contributed by atoms with Crippen LogP contribution in [0.15, 0.2) is 54.6 Å². The van der Waals surface area contributed by atoms with Gasteiger partial charge in [-0.05, 0) is 55.0 Å². The van der Waals surface area contributed by atoms with Crippen LogP contribution in [0.1, 0.15) is 54.2 Å². The van der Waals surface area contributed by atoms with E-state index in [1.165, 1.54) is 68.6 Å². The summed E-state index contributed by atoms with van der Waals surface area (Å²) in [6.07, 6.45) is 6.63. The Hall–Kier alpha value is -2.57. The fraction of sp³-hybridized carbons (Fsp3) is 0.500. The van der Waals surface area contributed by atoms with E-state index in [1.54, 1.807) is 4.90 Å². The maximum absolute atomic E-state index is 4.57. The lowest BCUT2D eigenvalue weighted by molar-refractivity contribution is -1.03. The lowest BCUT2D eigenvalue weighted by atomic mass is 10.0. The number of nitrogens with one attached hydrogen (secondary N) is 2. The highest BCUT2D eigenvalue weighted by Crippen LogP contribution is 2.19. The van der Waals surface area contributed by atoms with Gasteiger partial charge < -0.3 is 9.80 Å². The van der Waals surface area contributed by atoms with E-state index in [-0.39, 0.29) is 6.04 Å². The highest BCUT2D eigenvalue weighted by Gasteiger charge is 2.37. The van der Waals surface area contributed by atoms with Gasteiger partial charge in [0, 0.05) is 12.1 Å². The maximum Gasteiger partial charge on any atom is 0.214 e. The first-order chi connectivity index (χ1) is 15.8. The van der Waals surface area contributed by atoms with E-state index >= 15 is 0 Å². The molecular weight excluding hydrogens is 396 g/mol. The Balaban J connectivity index is 1.36. The summed E-state index contributed by atoms with van der Waals surface area (Å²) in [5, 5.41) is 13.1. The van der Waals surface area contributed by atoms with Crippen molar-refractivity contribution in [2.24, 2.45) is 0 Å². The molecule has 0 spiro atoms. The molecule has 3 aromatic rings. The Kier molecular flexibility index (Phi) is 6.60. The van der Waals surface area contributed by atoms with Crippen LogP contribution in [0.4, 0.5) is 0 Å². The highest BCUT2D eigenvalue weighted by atomic mass is 15.6. The van der Waals surface area contributed by atoms with Gasteiger partial charge in [0.05, 0.1) is 6.04 Å². The summed E-state index contributed by atoms with van der Waals surface area (Å²) >= 11 is 0. The van der Waals surface area contributed by atoms with Crippen molar-refractivity contribution in [1.29, 1.82) is 0 Å². The first-order valence-electron chi connectivity index (χ1n) is 12.3. The summed E-state index contributed by atoms with van der Waals surface area (Å²) in [4.78, 5) is 3.43. The van der Waals surface area contributed by atoms with E-state index in [2.05, 4.69) is 77.0 Å². The first kappa shape index (κ1) is 21.3. The minimum Gasteiger partial charge on any atom is -0.323 e. The molecule has 2 heterocycles. The Bertz CT molecular complexity index is 969. The zero-order valence-electron chi connectivity index (χ0n) is 19.2. The van der Waals surface area contributed by atoms with E-state index in [9.17, 15) is 0 Å². The van der Waals surface area contributed by atoms with Crippen LogP contribution in [-0.4, -0.2) is 52.4 Å². The third kappa shape index (κ3) is 4.76. The molecule has 168 valence electrons. The number of rotatable bonds is 7. The summed E-state index contributed by atoms with van der Waals surface area (Å²) in [7, 11) is 0. The second kappa shape index (κ2) is 9.92. The van der Waals surface area contributed by atoms with E-state index in [4.69, 9.17) is 0 Å². The van der Waals surface area contributed by atoms with Crippen LogP contribution in [0.5, 0.6) is 0 Å². The molecule has 6 heteroatoms. The maximum atomic E-state index is 4.57. The number of nitrogens with zero attached hydrogens (tertiary/aromatic N) is 4. The van der Waals surface area contributed by atoms with Crippen LogP contribution in [0, 0.1) is 6.92 Å². The predicted octanol–water partition coefficient (Wildman–Crippen LogP) is 1.04. The molecule has 1 atom stereocenters. The van der Waals surface area contributed by atoms with Crippen molar-refractivity contribution >= 4 is 0 Å². The molecule has 0 radical (unpaired) electrons. The minimum absolute atomic E-state index is 0.187. The molecule has 1 aromatic heterocycles. The molecule has 1 saturated carbocycles. The molecule has 32 heavy (non-hydrogen) atoms. The zero-order valence-corrected chi connectivity index (χ0v) is 19.2. The Labute approximate surface area is 191 Å². The molecule has 1 aliphatic heterocycles. The van der Waals surface area contributed by atoms with Gasteiger partial charge in [-0.15, -0.1) is 5.10 Å². The second-order valence-corrected chi connectivity index (χ2v) is 9.64. The average molecular weight is 433 g/mol. The van der Waals surface area contributed by atoms with Crippen molar-refractivity contribution in [3.8, 4) is 0 Å². The number of piperazine rings is 1. The fourth-order valence-electron chi connectivity index (χ4n) is 5.71. The quantitative estimate of drug-likeness (QED) is 0.587. The van der Waals surface area contributed by atoms with Crippen molar-refractivity contribution in [1.82, 2.24) is 20.2 Å². The lowest BCUT2D eigenvalue weighted by Gasteiger charge is -2.36. The van der Waals surface area contributed by atoms with Crippen molar-refractivity contribution in [2.45, 2.75) is 57.7 Å². The number of quaternary nitrogens is 2. The molecule has 2 N–H and O–H groups in total. The Morgan fingerprint density at radius 2 is 1.66 bits per heavy atom. The smallest absolute Gasteiger partial charge is 0.214 e. The summed E-state index contributed by atoms with van der Waals surface area (Å²) in [6, 6.07) is 20.7. The van der Waals surface area contributed by atoms with Crippen LogP contribution in [-0.2, 0) is 13.0 Å². The third-order valence-corrected chi connectivity index (χ3v) is 7.56. The van der Waals surface area contributed by atoms with Crippen molar-refractivity contribution in [3.63, 3.8) is 0 Å². The molecule has 0 amide bonds. The highest BCUT2D eigenvalue weighted by molar-refractivity contribution is 5.26. The number of aryl methyl sites for hydroxylation is 3. The number of benzene rings is 2. The van der Waals surface area contributed by atoms with Gasteiger partial charge in [0.1, 0.15) is 26.2 Å². The van der Waals surface area contributed by atoms with Crippen molar-refractivity contribution in [2.75, 3.05) is 26.2 Å². The van der Waals surface area contributed by atoms with Gasteiger partial charge in [0.2, 0.25) is 5.82 Å². The fourth-order valence-corrected chi connectivity index (χ4v) is 5.71. The summed E-state index contributed by atoms with van der Waals surface area (Å²) in [5.41, 5.74) is 3.94. The molecule has 2 fully saturated rings. The normalized spacial score (nSPS) is 22.8. The van der Waals surface area contributed by atoms with Gasteiger partial charge in [0.15, 0.2) is 6.04 Å². The molecule has 6 nitrogen and oxygen atoms in total. The molecule has 2 aromatic carbocycles. The van der Waals surface area contributed by atoms with Crippen LogP contribution < -0.4 is 9.80 Å². The van der Waals surface area contributed by atoms with Crippen LogP contribution >= 0.6 is 0 Å². The minimum atomic E-state index is 0.187. The molecule has 0 bridgehead atoms. The van der Waals surface area contributed by atoms with Gasteiger partial charge in [0.25, 0.3) is 0 Å². The van der Waals surface area contributed by atoms with Crippen molar-refractivity contribution < 1.29 is 9.80 Å².